The minimum atomic E-state index is -4.82. The highest BCUT2D eigenvalue weighted by Gasteiger charge is 2.39. The fraction of sp³-hybridized carbons (Fsp3) is 0.417. The Hall–Kier alpha value is -1.76. The van der Waals surface area contributed by atoms with Crippen LogP contribution in [0.4, 0.5) is 13.2 Å². The van der Waals surface area contributed by atoms with E-state index in [-0.39, 0.29) is 6.61 Å². The molecule has 0 saturated heterocycles. The average Bonchev–Trinajstić information content (AvgIpc) is 2.35. The molecule has 1 atom stereocenters. The van der Waals surface area contributed by atoms with Crippen molar-refractivity contribution >= 4 is 5.97 Å². The monoisotopic (exact) mass is 278 g/mol. The maximum absolute atomic E-state index is 12.0. The number of esters is 1. The Bertz CT molecular complexity index is 414. The third-order valence-electron chi connectivity index (χ3n) is 2.30. The van der Waals surface area contributed by atoms with Gasteiger partial charge in [0.1, 0.15) is 12.4 Å². The summed E-state index contributed by atoms with van der Waals surface area (Å²) in [6.45, 7) is -0.159. The summed E-state index contributed by atoms with van der Waals surface area (Å²) in [7, 11) is 1.49. The molecule has 0 amide bonds. The van der Waals surface area contributed by atoms with E-state index in [1.807, 2.05) is 0 Å². The summed E-state index contributed by atoms with van der Waals surface area (Å²) in [4.78, 5) is 11.1. The van der Waals surface area contributed by atoms with Crippen LogP contribution in [0.1, 0.15) is 12.0 Å². The van der Waals surface area contributed by atoms with Gasteiger partial charge in [-0.25, -0.2) is 0 Å². The van der Waals surface area contributed by atoms with Gasteiger partial charge in [0.15, 0.2) is 6.10 Å². The molecule has 1 aromatic carbocycles. The lowest BCUT2D eigenvalue weighted by atomic mass is 10.2. The average molecular weight is 278 g/mol. The number of carbonyl (C=O) groups excluding carboxylic acids is 1. The van der Waals surface area contributed by atoms with E-state index < -0.39 is 24.7 Å². The van der Waals surface area contributed by atoms with Crippen LogP contribution in [0.25, 0.3) is 0 Å². The molecule has 0 saturated carbocycles. The highest BCUT2D eigenvalue weighted by molar-refractivity contribution is 5.70. The summed E-state index contributed by atoms with van der Waals surface area (Å²) in [6.07, 6.45) is -8.63. The fourth-order valence-electron chi connectivity index (χ4n) is 1.22. The van der Waals surface area contributed by atoms with Crippen molar-refractivity contribution in [3.8, 4) is 5.75 Å². The summed E-state index contributed by atoms with van der Waals surface area (Å²) in [5.41, 5.74) is 0.607. The summed E-state index contributed by atoms with van der Waals surface area (Å²) in [6, 6.07) is 6.50. The molecule has 0 aliphatic rings. The van der Waals surface area contributed by atoms with Crippen LogP contribution >= 0.6 is 0 Å². The number of carbonyl (C=O) groups is 1. The number of hydrogen-bond donors (Lipinski definition) is 1. The number of aliphatic hydroxyl groups is 1. The van der Waals surface area contributed by atoms with Gasteiger partial charge in [-0.1, -0.05) is 12.1 Å². The van der Waals surface area contributed by atoms with Gasteiger partial charge in [0, 0.05) is 0 Å². The molecule has 106 valence electrons. The van der Waals surface area contributed by atoms with E-state index in [2.05, 4.69) is 4.74 Å². The van der Waals surface area contributed by atoms with E-state index in [1.165, 1.54) is 7.11 Å². The van der Waals surface area contributed by atoms with Crippen molar-refractivity contribution < 1.29 is 32.5 Å². The normalized spacial score (nSPS) is 12.9. The Morgan fingerprint density at radius 3 is 2.37 bits per heavy atom. The maximum Gasteiger partial charge on any atom is 0.414 e. The van der Waals surface area contributed by atoms with Crippen LogP contribution in [0.5, 0.6) is 5.75 Å². The summed E-state index contributed by atoms with van der Waals surface area (Å²) >= 11 is 0. The van der Waals surface area contributed by atoms with Crippen LogP contribution in [0.2, 0.25) is 0 Å². The van der Waals surface area contributed by atoms with Crippen LogP contribution in [-0.4, -0.2) is 30.5 Å². The van der Waals surface area contributed by atoms with Gasteiger partial charge in [-0.2, -0.15) is 13.2 Å². The molecule has 0 heterocycles. The van der Waals surface area contributed by atoms with Crippen LogP contribution in [-0.2, 0) is 16.1 Å². The number of halogens is 3. The van der Waals surface area contributed by atoms with Crippen molar-refractivity contribution in [1.29, 1.82) is 0 Å². The van der Waals surface area contributed by atoms with E-state index >= 15 is 0 Å². The van der Waals surface area contributed by atoms with Crippen molar-refractivity contribution in [2.75, 3.05) is 7.11 Å². The summed E-state index contributed by atoms with van der Waals surface area (Å²) in [5, 5.41) is 8.68. The first-order chi connectivity index (χ1) is 8.82. The molecule has 0 unspecified atom stereocenters. The van der Waals surface area contributed by atoms with Gasteiger partial charge in [-0.3, -0.25) is 4.79 Å². The molecular weight excluding hydrogens is 265 g/mol. The lowest BCUT2D eigenvalue weighted by Gasteiger charge is -2.13. The van der Waals surface area contributed by atoms with Crippen molar-refractivity contribution in [1.82, 2.24) is 0 Å². The smallest absolute Gasteiger partial charge is 0.414 e. The summed E-state index contributed by atoms with van der Waals surface area (Å²) in [5.74, 6) is -0.497. The molecule has 0 aliphatic heterocycles. The topological polar surface area (TPSA) is 55.8 Å². The first-order valence-corrected chi connectivity index (χ1v) is 5.36. The Morgan fingerprint density at radius 2 is 1.89 bits per heavy atom. The van der Waals surface area contributed by atoms with Gasteiger partial charge in [-0.05, 0) is 17.7 Å². The Labute approximate surface area is 107 Å². The molecule has 0 aliphatic carbocycles. The second-order valence-corrected chi connectivity index (χ2v) is 3.77. The van der Waals surface area contributed by atoms with Gasteiger partial charge in [-0.15, -0.1) is 0 Å². The minimum absolute atomic E-state index is 0.159. The van der Waals surface area contributed by atoms with E-state index in [4.69, 9.17) is 9.84 Å². The number of methoxy groups -OCH3 is 1. The fourth-order valence-corrected chi connectivity index (χ4v) is 1.22. The standard InChI is InChI=1S/C12H13F3O4/c1-18-9-4-2-8(3-5-9)7-19-11(17)6-10(16)12(13,14)15/h2-5,10,16H,6-7H2,1H3/t10-/m1/s1. The largest absolute Gasteiger partial charge is 0.497 e. The van der Waals surface area contributed by atoms with E-state index in [0.29, 0.717) is 11.3 Å². The van der Waals surface area contributed by atoms with Gasteiger partial charge in [0.25, 0.3) is 0 Å². The molecule has 4 nitrogen and oxygen atoms in total. The van der Waals surface area contributed by atoms with Gasteiger partial charge >= 0.3 is 12.1 Å². The molecule has 1 N–H and O–H groups in total. The van der Waals surface area contributed by atoms with E-state index in [9.17, 15) is 18.0 Å². The molecular formula is C12H13F3O4. The Kier molecular flexibility index (Phi) is 5.17. The molecule has 1 aromatic rings. The van der Waals surface area contributed by atoms with Crippen LogP contribution in [0, 0.1) is 0 Å². The highest BCUT2D eigenvalue weighted by atomic mass is 19.4. The second-order valence-electron chi connectivity index (χ2n) is 3.77. The third kappa shape index (κ3) is 5.17. The molecule has 0 fully saturated rings. The zero-order chi connectivity index (χ0) is 14.5. The first-order valence-electron chi connectivity index (χ1n) is 5.36. The van der Waals surface area contributed by atoms with Gasteiger partial charge in [0.05, 0.1) is 13.5 Å². The Morgan fingerprint density at radius 1 is 1.32 bits per heavy atom. The van der Waals surface area contributed by atoms with Crippen molar-refractivity contribution in [3.63, 3.8) is 0 Å². The zero-order valence-corrected chi connectivity index (χ0v) is 10.1. The molecule has 19 heavy (non-hydrogen) atoms. The lowest BCUT2D eigenvalue weighted by molar-refractivity contribution is -0.209. The minimum Gasteiger partial charge on any atom is -0.497 e. The molecule has 0 bridgehead atoms. The predicted octanol–water partition coefficient (Wildman–Crippen LogP) is 2.05. The quantitative estimate of drug-likeness (QED) is 0.837. The summed E-state index contributed by atoms with van der Waals surface area (Å²) < 4.78 is 45.5. The Balaban J connectivity index is 2.41. The molecule has 0 spiro atoms. The number of benzene rings is 1. The first kappa shape index (κ1) is 15.3. The molecule has 7 heteroatoms. The van der Waals surface area contributed by atoms with E-state index in [0.717, 1.165) is 0 Å². The molecule has 0 radical (unpaired) electrons. The van der Waals surface area contributed by atoms with Crippen molar-refractivity contribution in [2.24, 2.45) is 0 Å². The second kappa shape index (κ2) is 6.42. The number of alkyl halides is 3. The molecule has 1 rings (SSSR count). The van der Waals surface area contributed by atoms with Crippen LogP contribution in [0.3, 0.4) is 0 Å². The number of hydrogen-bond acceptors (Lipinski definition) is 4. The zero-order valence-electron chi connectivity index (χ0n) is 10.1. The third-order valence-corrected chi connectivity index (χ3v) is 2.30. The lowest BCUT2D eigenvalue weighted by Crippen LogP contribution is -2.31. The highest BCUT2D eigenvalue weighted by Crippen LogP contribution is 2.22. The molecule has 0 aromatic heterocycles. The maximum atomic E-state index is 12.0. The van der Waals surface area contributed by atoms with Crippen molar-refractivity contribution in [2.45, 2.75) is 25.3 Å². The van der Waals surface area contributed by atoms with Crippen LogP contribution in [0.15, 0.2) is 24.3 Å². The SMILES string of the molecule is COc1ccc(COC(=O)C[C@@H](O)C(F)(F)F)cc1. The van der Waals surface area contributed by atoms with Crippen LogP contribution < -0.4 is 4.74 Å². The number of rotatable bonds is 5. The number of ether oxygens (including phenoxy) is 2. The van der Waals surface area contributed by atoms with Gasteiger partial charge < -0.3 is 14.6 Å². The van der Waals surface area contributed by atoms with E-state index in [1.54, 1.807) is 24.3 Å². The van der Waals surface area contributed by atoms with Gasteiger partial charge in [0.2, 0.25) is 0 Å². The predicted molar refractivity (Wildman–Crippen MR) is 59.5 cm³/mol. The van der Waals surface area contributed by atoms with Crippen molar-refractivity contribution in [3.05, 3.63) is 29.8 Å². The number of aliphatic hydroxyl groups excluding tert-OH is 1.